The molecule has 0 heterocycles. The lowest BCUT2D eigenvalue weighted by Gasteiger charge is -2.17. The molecule has 0 unspecified atom stereocenters. The largest absolute Gasteiger partial charge is 0.507 e. The number of aromatic carboxylic acids is 1. The summed E-state index contributed by atoms with van der Waals surface area (Å²) in [5.41, 5.74) is -0.257. The predicted molar refractivity (Wildman–Crippen MR) is 90.9 cm³/mol. The van der Waals surface area contributed by atoms with Crippen LogP contribution in [0.2, 0.25) is 5.02 Å². The standard InChI is InChI=1S/C17H15ClO8/c1-7-4-9(19)12(16(21)22)11(5-7)26-14-8(17(23)25-3)6-10(20)13(18)15(14)24-2/h4-6,19-20H,1-3H3,(H,21,22). The molecule has 0 spiro atoms. The first-order chi connectivity index (χ1) is 12.2. The molecule has 3 N–H and O–H groups in total. The molecule has 138 valence electrons. The number of hydrogen-bond donors (Lipinski definition) is 3. The van der Waals surface area contributed by atoms with Gasteiger partial charge in [-0.2, -0.15) is 0 Å². The number of carboxylic acid groups (broad SMARTS) is 1. The molecule has 0 saturated heterocycles. The molecule has 26 heavy (non-hydrogen) atoms. The maximum atomic E-state index is 12.0. The van der Waals surface area contributed by atoms with Crippen molar-refractivity contribution in [2.45, 2.75) is 6.92 Å². The summed E-state index contributed by atoms with van der Waals surface area (Å²) in [5.74, 6) is -4.02. The Morgan fingerprint density at radius 1 is 1.04 bits per heavy atom. The molecular weight excluding hydrogens is 368 g/mol. The minimum Gasteiger partial charge on any atom is -0.507 e. The molecule has 2 aromatic carbocycles. The highest BCUT2D eigenvalue weighted by Gasteiger charge is 2.27. The van der Waals surface area contributed by atoms with Crippen molar-refractivity contribution in [3.05, 3.63) is 39.9 Å². The van der Waals surface area contributed by atoms with E-state index in [1.807, 2.05) is 0 Å². The Morgan fingerprint density at radius 2 is 1.69 bits per heavy atom. The number of carbonyl (C=O) groups excluding carboxylic acids is 1. The Morgan fingerprint density at radius 3 is 2.23 bits per heavy atom. The van der Waals surface area contributed by atoms with Gasteiger partial charge in [0.05, 0.1) is 14.2 Å². The summed E-state index contributed by atoms with van der Waals surface area (Å²) in [6.45, 7) is 1.61. The first-order valence-electron chi connectivity index (χ1n) is 7.13. The maximum Gasteiger partial charge on any atom is 0.343 e. The van der Waals surface area contributed by atoms with E-state index in [-0.39, 0.29) is 27.8 Å². The molecule has 0 radical (unpaired) electrons. The van der Waals surface area contributed by atoms with Crippen LogP contribution in [0.4, 0.5) is 0 Å². The third-order valence-corrected chi connectivity index (χ3v) is 3.78. The van der Waals surface area contributed by atoms with Gasteiger partial charge in [0.15, 0.2) is 11.5 Å². The van der Waals surface area contributed by atoms with Crippen LogP contribution in [0.25, 0.3) is 0 Å². The Hall–Kier alpha value is -3.13. The van der Waals surface area contributed by atoms with E-state index in [1.54, 1.807) is 6.92 Å². The zero-order chi connectivity index (χ0) is 19.6. The fourth-order valence-corrected chi connectivity index (χ4v) is 2.51. The first-order valence-corrected chi connectivity index (χ1v) is 7.51. The summed E-state index contributed by atoms with van der Waals surface area (Å²) in [4.78, 5) is 23.5. The van der Waals surface area contributed by atoms with Crippen LogP contribution in [0.3, 0.4) is 0 Å². The fraction of sp³-hybridized carbons (Fsp3) is 0.176. The summed E-state index contributed by atoms with van der Waals surface area (Å²) in [7, 11) is 2.34. The molecule has 0 aliphatic heterocycles. The van der Waals surface area contributed by atoms with Crippen molar-refractivity contribution >= 4 is 23.5 Å². The van der Waals surface area contributed by atoms with Crippen LogP contribution in [0, 0.1) is 6.92 Å². The van der Waals surface area contributed by atoms with Crippen molar-refractivity contribution < 1.29 is 39.1 Å². The average molecular weight is 383 g/mol. The van der Waals surface area contributed by atoms with Crippen molar-refractivity contribution in [2.24, 2.45) is 0 Å². The van der Waals surface area contributed by atoms with Gasteiger partial charge < -0.3 is 29.5 Å². The Kier molecular flexibility index (Phi) is 5.47. The number of ether oxygens (including phenoxy) is 3. The number of hydrogen-bond acceptors (Lipinski definition) is 7. The fourth-order valence-electron chi connectivity index (χ4n) is 2.29. The third kappa shape index (κ3) is 3.45. The first kappa shape index (κ1) is 19.2. The molecule has 0 fully saturated rings. The van der Waals surface area contributed by atoms with Crippen molar-refractivity contribution in [1.29, 1.82) is 0 Å². The molecule has 2 rings (SSSR count). The van der Waals surface area contributed by atoms with E-state index in [1.165, 1.54) is 19.2 Å². The number of aromatic hydroxyl groups is 2. The molecule has 0 saturated carbocycles. The summed E-state index contributed by atoms with van der Waals surface area (Å²) in [6.07, 6.45) is 0. The number of aryl methyl sites for hydroxylation is 1. The Bertz CT molecular complexity index is 891. The van der Waals surface area contributed by atoms with Gasteiger partial charge in [-0.1, -0.05) is 11.6 Å². The lowest BCUT2D eigenvalue weighted by Crippen LogP contribution is -2.07. The molecular formula is C17H15ClO8. The van der Waals surface area contributed by atoms with Gasteiger partial charge in [-0.25, -0.2) is 9.59 Å². The zero-order valence-corrected chi connectivity index (χ0v) is 14.7. The number of rotatable bonds is 5. The van der Waals surface area contributed by atoms with E-state index in [4.69, 9.17) is 21.1 Å². The monoisotopic (exact) mass is 382 g/mol. The van der Waals surface area contributed by atoms with E-state index in [2.05, 4.69) is 4.74 Å². The van der Waals surface area contributed by atoms with Crippen LogP contribution in [-0.2, 0) is 4.74 Å². The second kappa shape index (κ2) is 7.40. The zero-order valence-electron chi connectivity index (χ0n) is 14.0. The van der Waals surface area contributed by atoms with Crippen LogP contribution < -0.4 is 9.47 Å². The van der Waals surface area contributed by atoms with Gasteiger partial charge in [0, 0.05) is 6.07 Å². The maximum absolute atomic E-state index is 12.0. The lowest BCUT2D eigenvalue weighted by atomic mass is 10.1. The molecule has 0 atom stereocenters. The quantitative estimate of drug-likeness (QED) is 0.673. The van der Waals surface area contributed by atoms with Gasteiger partial charge in [-0.15, -0.1) is 0 Å². The highest BCUT2D eigenvalue weighted by atomic mass is 35.5. The second-order valence-electron chi connectivity index (χ2n) is 5.18. The summed E-state index contributed by atoms with van der Waals surface area (Å²) >= 11 is 5.98. The number of benzene rings is 2. The van der Waals surface area contributed by atoms with Gasteiger partial charge in [-0.05, 0) is 24.6 Å². The van der Waals surface area contributed by atoms with Gasteiger partial charge in [0.2, 0.25) is 0 Å². The number of methoxy groups -OCH3 is 2. The van der Waals surface area contributed by atoms with Crippen LogP contribution in [-0.4, -0.2) is 41.5 Å². The molecule has 0 amide bonds. The van der Waals surface area contributed by atoms with Crippen molar-refractivity contribution in [3.63, 3.8) is 0 Å². The number of phenolic OH excluding ortho intramolecular Hbond substituents is 1. The molecule has 8 nitrogen and oxygen atoms in total. The Labute approximate surface area is 153 Å². The Balaban J connectivity index is 2.76. The van der Waals surface area contributed by atoms with Crippen molar-refractivity contribution in [2.75, 3.05) is 14.2 Å². The van der Waals surface area contributed by atoms with Crippen LogP contribution in [0.15, 0.2) is 18.2 Å². The van der Waals surface area contributed by atoms with Gasteiger partial charge in [0.1, 0.15) is 33.4 Å². The minimum absolute atomic E-state index is 0.204. The van der Waals surface area contributed by atoms with Gasteiger partial charge >= 0.3 is 11.9 Å². The number of halogens is 1. The van der Waals surface area contributed by atoms with Crippen molar-refractivity contribution in [1.82, 2.24) is 0 Å². The number of phenols is 2. The molecule has 0 bridgehead atoms. The van der Waals surface area contributed by atoms with Crippen LogP contribution in [0.1, 0.15) is 26.3 Å². The van der Waals surface area contributed by atoms with E-state index in [0.717, 1.165) is 13.2 Å². The number of esters is 1. The van der Waals surface area contributed by atoms with E-state index in [0.29, 0.717) is 5.56 Å². The smallest absolute Gasteiger partial charge is 0.343 e. The number of carbonyl (C=O) groups is 2. The van der Waals surface area contributed by atoms with Gasteiger partial charge in [0.25, 0.3) is 0 Å². The average Bonchev–Trinajstić information content (AvgIpc) is 2.56. The van der Waals surface area contributed by atoms with E-state index in [9.17, 15) is 24.9 Å². The highest BCUT2D eigenvalue weighted by Crippen LogP contribution is 2.46. The highest BCUT2D eigenvalue weighted by molar-refractivity contribution is 6.34. The summed E-state index contributed by atoms with van der Waals surface area (Å²) in [5, 5.41) is 28.9. The topological polar surface area (TPSA) is 123 Å². The minimum atomic E-state index is -1.44. The van der Waals surface area contributed by atoms with Crippen molar-refractivity contribution in [3.8, 4) is 28.7 Å². The molecule has 0 aliphatic rings. The molecule has 0 aromatic heterocycles. The van der Waals surface area contributed by atoms with Crippen LogP contribution in [0.5, 0.6) is 28.7 Å². The molecule has 2 aromatic rings. The lowest BCUT2D eigenvalue weighted by molar-refractivity contribution is 0.0596. The van der Waals surface area contributed by atoms with Gasteiger partial charge in [-0.3, -0.25) is 0 Å². The van der Waals surface area contributed by atoms with E-state index >= 15 is 0 Å². The number of carboxylic acids is 1. The molecule has 9 heteroatoms. The third-order valence-electron chi connectivity index (χ3n) is 3.42. The predicted octanol–water partition coefficient (Wildman–Crippen LogP) is 3.35. The molecule has 0 aliphatic carbocycles. The van der Waals surface area contributed by atoms with E-state index < -0.39 is 29.0 Å². The normalized spacial score (nSPS) is 10.3. The SMILES string of the molecule is COC(=O)c1cc(O)c(Cl)c(OC)c1Oc1cc(C)cc(O)c1C(=O)O. The summed E-state index contributed by atoms with van der Waals surface area (Å²) < 4.78 is 15.3. The van der Waals surface area contributed by atoms with Crippen LogP contribution >= 0.6 is 11.6 Å². The second-order valence-corrected chi connectivity index (χ2v) is 5.55. The summed E-state index contributed by atoms with van der Waals surface area (Å²) in [6, 6.07) is 3.60.